The monoisotopic (exact) mass is 322 g/mol. The second-order valence-electron chi connectivity index (χ2n) is 5.82. The first-order valence-electron chi connectivity index (χ1n) is 7.95. The van der Waals surface area contributed by atoms with Crippen LogP contribution in [0.25, 0.3) is 0 Å². The molecular weight excluding hydrogens is 300 g/mol. The third-order valence-electron chi connectivity index (χ3n) is 4.08. The Morgan fingerprint density at radius 2 is 1.29 bits per heavy atom. The second kappa shape index (κ2) is 7.21. The smallest absolute Gasteiger partial charge is 0.118 e. The van der Waals surface area contributed by atoms with E-state index in [0.29, 0.717) is 0 Å². The van der Waals surface area contributed by atoms with Crippen LogP contribution in [0.15, 0.2) is 54.7 Å². The molecule has 0 aliphatic heterocycles. The third kappa shape index (κ3) is 3.77. The van der Waals surface area contributed by atoms with Gasteiger partial charge in [0, 0.05) is 26.1 Å². The summed E-state index contributed by atoms with van der Waals surface area (Å²) >= 11 is 0. The Bertz CT molecular complexity index is 723. The maximum absolute atomic E-state index is 5.22. The molecule has 2 aromatic carbocycles. The topological polar surface area (TPSA) is 36.3 Å². The summed E-state index contributed by atoms with van der Waals surface area (Å²) in [4.78, 5) is 0. The third-order valence-corrected chi connectivity index (χ3v) is 4.08. The van der Waals surface area contributed by atoms with E-state index in [2.05, 4.69) is 35.6 Å². The standard InChI is InChI=1S/C20H22N2O2/c1-22-14-17(12-15-4-8-18(23-2)9-5-15)20(21-22)13-16-6-10-19(24-3)11-7-16/h4-11,14H,12-13H2,1-3H3. The average Bonchev–Trinajstić information content (AvgIpc) is 2.95. The Morgan fingerprint density at radius 3 is 1.79 bits per heavy atom. The van der Waals surface area contributed by atoms with Crippen LogP contribution in [0, 0.1) is 0 Å². The van der Waals surface area contributed by atoms with Crippen LogP contribution in [0.4, 0.5) is 0 Å². The SMILES string of the molecule is COc1ccc(Cc2cn(C)nc2Cc2ccc(OC)cc2)cc1. The van der Waals surface area contributed by atoms with Gasteiger partial charge in [0.25, 0.3) is 0 Å². The lowest BCUT2D eigenvalue weighted by Gasteiger charge is -2.06. The summed E-state index contributed by atoms with van der Waals surface area (Å²) in [6.07, 6.45) is 3.78. The molecule has 0 aliphatic carbocycles. The molecule has 0 saturated heterocycles. The first-order valence-corrected chi connectivity index (χ1v) is 7.95. The molecule has 0 fully saturated rings. The summed E-state index contributed by atoms with van der Waals surface area (Å²) < 4.78 is 12.3. The van der Waals surface area contributed by atoms with E-state index in [4.69, 9.17) is 9.47 Å². The van der Waals surface area contributed by atoms with Crippen molar-refractivity contribution in [3.05, 3.63) is 77.1 Å². The highest BCUT2D eigenvalue weighted by Crippen LogP contribution is 2.20. The van der Waals surface area contributed by atoms with E-state index in [1.165, 1.54) is 16.7 Å². The molecule has 0 amide bonds. The van der Waals surface area contributed by atoms with E-state index in [1.807, 2.05) is 36.0 Å². The minimum absolute atomic E-state index is 0.816. The molecule has 1 heterocycles. The fourth-order valence-electron chi connectivity index (χ4n) is 2.78. The van der Waals surface area contributed by atoms with Crippen LogP contribution in [-0.2, 0) is 19.9 Å². The molecule has 3 aromatic rings. The van der Waals surface area contributed by atoms with Crippen LogP contribution in [0.5, 0.6) is 11.5 Å². The van der Waals surface area contributed by atoms with E-state index in [-0.39, 0.29) is 0 Å². The van der Waals surface area contributed by atoms with Crippen molar-refractivity contribution in [2.24, 2.45) is 7.05 Å². The molecule has 0 spiro atoms. The van der Waals surface area contributed by atoms with Crippen LogP contribution in [0.1, 0.15) is 22.4 Å². The molecule has 3 rings (SSSR count). The molecule has 0 bridgehead atoms. The van der Waals surface area contributed by atoms with Crippen molar-refractivity contribution in [1.29, 1.82) is 0 Å². The molecule has 24 heavy (non-hydrogen) atoms. The lowest BCUT2D eigenvalue weighted by atomic mass is 10.0. The Morgan fingerprint density at radius 1 is 0.792 bits per heavy atom. The van der Waals surface area contributed by atoms with Crippen LogP contribution in [0.3, 0.4) is 0 Å². The van der Waals surface area contributed by atoms with E-state index < -0.39 is 0 Å². The zero-order chi connectivity index (χ0) is 16.9. The van der Waals surface area contributed by atoms with Crippen LogP contribution >= 0.6 is 0 Å². The molecule has 0 atom stereocenters. The number of hydrogen-bond acceptors (Lipinski definition) is 3. The fourth-order valence-corrected chi connectivity index (χ4v) is 2.78. The Balaban J connectivity index is 1.78. The van der Waals surface area contributed by atoms with Gasteiger partial charge in [0.05, 0.1) is 19.9 Å². The van der Waals surface area contributed by atoms with E-state index in [1.54, 1.807) is 14.2 Å². The number of nitrogens with zero attached hydrogens (tertiary/aromatic N) is 2. The molecule has 0 saturated carbocycles. The van der Waals surface area contributed by atoms with Gasteiger partial charge in [0.2, 0.25) is 0 Å². The largest absolute Gasteiger partial charge is 0.497 e. The number of rotatable bonds is 6. The zero-order valence-corrected chi connectivity index (χ0v) is 14.3. The van der Waals surface area contributed by atoms with Crippen molar-refractivity contribution in [2.75, 3.05) is 14.2 Å². The lowest BCUT2D eigenvalue weighted by Crippen LogP contribution is -1.96. The highest BCUT2D eigenvalue weighted by molar-refractivity contribution is 5.35. The first kappa shape index (κ1) is 16.1. The van der Waals surface area contributed by atoms with Crippen LogP contribution in [0.2, 0.25) is 0 Å². The van der Waals surface area contributed by atoms with E-state index in [0.717, 1.165) is 30.0 Å². The highest BCUT2D eigenvalue weighted by atomic mass is 16.5. The molecule has 1 aromatic heterocycles. The molecule has 0 radical (unpaired) electrons. The minimum atomic E-state index is 0.816. The molecule has 4 nitrogen and oxygen atoms in total. The van der Waals surface area contributed by atoms with Crippen molar-refractivity contribution < 1.29 is 9.47 Å². The number of ether oxygens (including phenoxy) is 2. The number of benzene rings is 2. The molecule has 0 N–H and O–H groups in total. The first-order chi connectivity index (χ1) is 11.7. The van der Waals surface area contributed by atoms with Crippen molar-refractivity contribution in [3.8, 4) is 11.5 Å². The molecule has 4 heteroatoms. The molecule has 124 valence electrons. The summed E-state index contributed by atoms with van der Waals surface area (Å²) in [7, 11) is 5.33. The minimum Gasteiger partial charge on any atom is -0.497 e. The molecule has 0 aliphatic rings. The number of aromatic nitrogens is 2. The summed E-state index contributed by atoms with van der Waals surface area (Å²) in [6.45, 7) is 0. The summed E-state index contributed by atoms with van der Waals surface area (Å²) in [6, 6.07) is 16.3. The predicted molar refractivity (Wildman–Crippen MR) is 94.8 cm³/mol. The van der Waals surface area contributed by atoms with Gasteiger partial charge in [0.1, 0.15) is 11.5 Å². The maximum atomic E-state index is 5.22. The van der Waals surface area contributed by atoms with Gasteiger partial charge < -0.3 is 9.47 Å². The van der Waals surface area contributed by atoms with E-state index in [9.17, 15) is 0 Å². The van der Waals surface area contributed by atoms with Crippen LogP contribution in [-0.4, -0.2) is 24.0 Å². The normalized spacial score (nSPS) is 10.6. The van der Waals surface area contributed by atoms with Crippen molar-refractivity contribution in [2.45, 2.75) is 12.8 Å². The molecule has 0 unspecified atom stereocenters. The van der Waals surface area contributed by atoms with Gasteiger partial charge in [-0.25, -0.2) is 0 Å². The summed E-state index contributed by atoms with van der Waals surface area (Å²) in [5.74, 6) is 1.75. The maximum Gasteiger partial charge on any atom is 0.118 e. The Kier molecular flexibility index (Phi) is 4.85. The van der Waals surface area contributed by atoms with Crippen LogP contribution < -0.4 is 9.47 Å². The highest BCUT2D eigenvalue weighted by Gasteiger charge is 2.10. The predicted octanol–water partition coefficient (Wildman–Crippen LogP) is 3.62. The lowest BCUT2D eigenvalue weighted by molar-refractivity contribution is 0.414. The van der Waals surface area contributed by atoms with Gasteiger partial charge in [-0.1, -0.05) is 24.3 Å². The Hall–Kier alpha value is -2.75. The summed E-state index contributed by atoms with van der Waals surface area (Å²) in [5.41, 5.74) is 4.84. The van der Waals surface area contributed by atoms with Gasteiger partial charge in [-0.2, -0.15) is 5.10 Å². The zero-order valence-electron chi connectivity index (χ0n) is 14.3. The van der Waals surface area contributed by atoms with Crippen molar-refractivity contribution >= 4 is 0 Å². The Labute approximate surface area is 142 Å². The molecular formula is C20H22N2O2. The van der Waals surface area contributed by atoms with Gasteiger partial charge in [-0.15, -0.1) is 0 Å². The van der Waals surface area contributed by atoms with Gasteiger partial charge in [0.15, 0.2) is 0 Å². The quantitative estimate of drug-likeness (QED) is 0.695. The number of aryl methyl sites for hydroxylation is 1. The second-order valence-corrected chi connectivity index (χ2v) is 5.82. The van der Waals surface area contributed by atoms with Gasteiger partial charge in [-0.3, -0.25) is 4.68 Å². The number of hydrogen-bond donors (Lipinski definition) is 0. The fraction of sp³-hybridized carbons (Fsp3) is 0.250. The average molecular weight is 322 g/mol. The summed E-state index contributed by atoms with van der Waals surface area (Å²) in [5, 5.41) is 4.64. The van der Waals surface area contributed by atoms with Gasteiger partial charge in [-0.05, 0) is 41.0 Å². The van der Waals surface area contributed by atoms with E-state index >= 15 is 0 Å². The number of methoxy groups -OCH3 is 2. The van der Waals surface area contributed by atoms with Crippen molar-refractivity contribution in [1.82, 2.24) is 9.78 Å². The van der Waals surface area contributed by atoms with Crippen molar-refractivity contribution in [3.63, 3.8) is 0 Å². The van der Waals surface area contributed by atoms with Gasteiger partial charge >= 0.3 is 0 Å².